The summed E-state index contributed by atoms with van der Waals surface area (Å²) in [6.45, 7) is 0.294. The zero-order chi connectivity index (χ0) is 13.9. The van der Waals surface area contributed by atoms with Gasteiger partial charge in [-0.2, -0.15) is 0 Å². The van der Waals surface area contributed by atoms with Crippen LogP contribution in [0, 0.1) is 0 Å². The molecular formula is C9H14N2O6S. The van der Waals surface area contributed by atoms with Crippen molar-refractivity contribution in [2.24, 2.45) is 0 Å². The first-order chi connectivity index (χ1) is 8.20. The SMILES string of the molecule is CS(=O)(=O)CC(=O)N1CCNC(=O)C1CC(=O)O. The Kier molecular flexibility index (Phi) is 4.28. The molecule has 1 aliphatic heterocycles. The summed E-state index contributed by atoms with van der Waals surface area (Å²) in [5, 5.41) is 11.1. The molecule has 2 amide bonds. The summed E-state index contributed by atoms with van der Waals surface area (Å²) in [5.74, 6) is -3.28. The summed E-state index contributed by atoms with van der Waals surface area (Å²) in [6, 6.07) is -1.15. The first-order valence-corrected chi connectivity index (χ1v) is 7.23. The lowest BCUT2D eigenvalue weighted by Crippen LogP contribution is -2.58. The van der Waals surface area contributed by atoms with Gasteiger partial charge >= 0.3 is 5.97 Å². The molecule has 18 heavy (non-hydrogen) atoms. The number of carbonyl (C=O) groups excluding carboxylic acids is 2. The third-order valence-corrected chi connectivity index (χ3v) is 3.18. The highest BCUT2D eigenvalue weighted by molar-refractivity contribution is 7.91. The summed E-state index contributed by atoms with van der Waals surface area (Å²) < 4.78 is 22.1. The number of carboxylic acids is 1. The van der Waals surface area contributed by atoms with Gasteiger partial charge in [0.15, 0.2) is 9.84 Å². The fourth-order valence-corrected chi connectivity index (χ4v) is 2.30. The number of nitrogens with zero attached hydrogens (tertiary/aromatic N) is 1. The summed E-state index contributed by atoms with van der Waals surface area (Å²) in [4.78, 5) is 34.9. The van der Waals surface area contributed by atoms with Gasteiger partial charge in [-0.1, -0.05) is 0 Å². The Morgan fingerprint density at radius 1 is 1.50 bits per heavy atom. The quantitative estimate of drug-likeness (QED) is 0.604. The Morgan fingerprint density at radius 2 is 2.11 bits per heavy atom. The second-order valence-corrected chi connectivity index (χ2v) is 6.20. The Hall–Kier alpha value is -1.64. The van der Waals surface area contributed by atoms with Crippen molar-refractivity contribution in [1.82, 2.24) is 10.2 Å². The molecule has 0 aliphatic carbocycles. The summed E-state index contributed by atoms with van der Waals surface area (Å²) in [6.07, 6.45) is 0.364. The molecule has 0 aromatic rings. The number of hydrogen-bond donors (Lipinski definition) is 2. The third kappa shape index (κ3) is 3.99. The van der Waals surface area contributed by atoms with Crippen LogP contribution in [0.5, 0.6) is 0 Å². The Bertz CT molecular complexity index is 471. The number of amides is 2. The van der Waals surface area contributed by atoms with Crippen LogP contribution in [0.25, 0.3) is 0 Å². The van der Waals surface area contributed by atoms with E-state index in [9.17, 15) is 22.8 Å². The van der Waals surface area contributed by atoms with E-state index in [4.69, 9.17) is 5.11 Å². The largest absolute Gasteiger partial charge is 0.481 e. The predicted molar refractivity (Wildman–Crippen MR) is 60.5 cm³/mol. The standard InChI is InChI=1S/C9H14N2O6S/c1-18(16,17)5-7(12)11-3-2-10-9(15)6(11)4-8(13)14/h6H,2-5H2,1H3,(H,10,15)(H,13,14). The molecule has 9 heteroatoms. The van der Waals surface area contributed by atoms with E-state index >= 15 is 0 Å². The smallest absolute Gasteiger partial charge is 0.305 e. The second kappa shape index (κ2) is 5.34. The third-order valence-electron chi connectivity index (χ3n) is 2.40. The van der Waals surface area contributed by atoms with Gasteiger partial charge in [-0.3, -0.25) is 14.4 Å². The molecule has 1 unspecified atom stereocenters. The van der Waals surface area contributed by atoms with E-state index in [1.807, 2.05) is 0 Å². The maximum absolute atomic E-state index is 11.7. The van der Waals surface area contributed by atoms with Crippen LogP contribution >= 0.6 is 0 Å². The molecule has 0 saturated carbocycles. The van der Waals surface area contributed by atoms with Crippen molar-refractivity contribution >= 4 is 27.6 Å². The van der Waals surface area contributed by atoms with Crippen LogP contribution in [0.3, 0.4) is 0 Å². The second-order valence-electron chi connectivity index (χ2n) is 4.06. The summed E-state index contributed by atoms with van der Waals surface area (Å²) in [7, 11) is -3.51. The van der Waals surface area contributed by atoms with Crippen LogP contribution < -0.4 is 5.32 Å². The average Bonchev–Trinajstić information content (AvgIpc) is 2.17. The summed E-state index contributed by atoms with van der Waals surface area (Å²) in [5.41, 5.74) is 0. The molecule has 0 bridgehead atoms. The Labute approximate surface area is 104 Å². The van der Waals surface area contributed by atoms with E-state index in [0.717, 1.165) is 11.2 Å². The highest BCUT2D eigenvalue weighted by Gasteiger charge is 2.35. The van der Waals surface area contributed by atoms with Crippen LogP contribution in [0.1, 0.15) is 6.42 Å². The highest BCUT2D eigenvalue weighted by atomic mass is 32.2. The molecule has 0 aromatic carbocycles. The molecular weight excluding hydrogens is 264 g/mol. The zero-order valence-corrected chi connectivity index (χ0v) is 10.6. The van der Waals surface area contributed by atoms with Gasteiger partial charge in [0, 0.05) is 19.3 Å². The number of hydrogen-bond acceptors (Lipinski definition) is 5. The molecule has 8 nitrogen and oxygen atoms in total. The predicted octanol–water partition coefficient (Wildman–Crippen LogP) is -2.17. The first-order valence-electron chi connectivity index (χ1n) is 5.17. The Balaban J connectivity index is 2.85. The monoisotopic (exact) mass is 278 g/mol. The fourth-order valence-electron chi connectivity index (χ4n) is 1.69. The van der Waals surface area contributed by atoms with E-state index in [-0.39, 0.29) is 13.1 Å². The molecule has 1 saturated heterocycles. The molecule has 1 atom stereocenters. The molecule has 0 spiro atoms. The maximum atomic E-state index is 11.7. The average molecular weight is 278 g/mol. The topological polar surface area (TPSA) is 121 Å². The van der Waals surface area contributed by atoms with E-state index in [2.05, 4.69) is 5.32 Å². The van der Waals surface area contributed by atoms with Crippen LogP contribution in [0.4, 0.5) is 0 Å². The van der Waals surface area contributed by atoms with E-state index in [1.165, 1.54) is 0 Å². The van der Waals surface area contributed by atoms with Gasteiger partial charge in [0.05, 0.1) is 6.42 Å². The molecule has 1 rings (SSSR count). The number of aliphatic carboxylic acids is 1. The number of piperazine rings is 1. The first kappa shape index (κ1) is 14.4. The van der Waals surface area contributed by atoms with Gasteiger partial charge in [0.1, 0.15) is 11.8 Å². The van der Waals surface area contributed by atoms with E-state index in [0.29, 0.717) is 0 Å². The lowest BCUT2D eigenvalue weighted by molar-refractivity contribution is -0.147. The minimum absolute atomic E-state index is 0.109. The summed E-state index contributed by atoms with van der Waals surface area (Å²) >= 11 is 0. The molecule has 1 aliphatic rings. The van der Waals surface area contributed by atoms with Crippen molar-refractivity contribution in [2.45, 2.75) is 12.5 Å². The molecule has 1 heterocycles. The minimum Gasteiger partial charge on any atom is -0.481 e. The van der Waals surface area contributed by atoms with Gasteiger partial charge in [0.25, 0.3) is 0 Å². The van der Waals surface area contributed by atoms with Gasteiger partial charge < -0.3 is 15.3 Å². The van der Waals surface area contributed by atoms with Crippen molar-refractivity contribution < 1.29 is 27.9 Å². The van der Waals surface area contributed by atoms with Gasteiger partial charge in [0.2, 0.25) is 11.8 Å². The van der Waals surface area contributed by atoms with Crippen LogP contribution in [-0.4, -0.2) is 67.3 Å². The molecule has 2 N–H and O–H groups in total. The number of sulfone groups is 1. The number of rotatable bonds is 4. The van der Waals surface area contributed by atoms with Crippen molar-refractivity contribution in [3.05, 3.63) is 0 Å². The van der Waals surface area contributed by atoms with E-state index < -0.39 is 45.8 Å². The maximum Gasteiger partial charge on any atom is 0.305 e. The van der Waals surface area contributed by atoms with Gasteiger partial charge in [-0.05, 0) is 0 Å². The normalized spacial score (nSPS) is 20.4. The molecule has 0 aromatic heterocycles. The highest BCUT2D eigenvalue weighted by Crippen LogP contribution is 2.10. The van der Waals surface area contributed by atoms with Crippen molar-refractivity contribution in [1.29, 1.82) is 0 Å². The number of carboxylic acid groups (broad SMARTS) is 1. The van der Waals surface area contributed by atoms with Crippen LogP contribution in [-0.2, 0) is 24.2 Å². The van der Waals surface area contributed by atoms with Crippen molar-refractivity contribution in [2.75, 3.05) is 25.1 Å². The van der Waals surface area contributed by atoms with Crippen molar-refractivity contribution in [3.8, 4) is 0 Å². The lowest BCUT2D eigenvalue weighted by Gasteiger charge is -2.34. The van der Waals surface area contributed by atoms with Gasteiger partial charge in [-0.25, -0.2) is 8.42 Å². The zero-order valence-electron chi connectivity index (χ0n) is 9.75. The number of carbonyl (C=O) groups is 3. The van der Waals surface area contributed by atoms with Gasteiger partial charge in [-0.15, -0.1) is 0 Å². The van der Waals surface area contributed by atoms with Crippen LogP contribution in [0.2, 0.25) is 0 Å². The van der Waals surface area contributed by atoms with Crippen LogP contribution in [0.15, 0.2) is 0 Å². The fraction of sp³-hybridized carbons (Fsp3) is 0.667. The number of nitrogens with one attached hydrogen (secondary N) is 1. The van der Waals surface area contributed by atoms with Crippen molar-refractivity contribution in [3.63, 3.8) is 0 Å². The molecule has 0 radical (unpaired) electrons. The molecule has 1 fully saturated rings. The minimum atomic E-state index is -3.51. The van der Waals surface area contributed by atoms with E-state index in [1.54, 1.807) is 0 Å². The Morgan fingerprint density at radius 3 is 2.61 bits per heavy atom. The lowest BCUT2D eigenvalue weighted by atomic mass is 10.1. The molecule has 102 valence electrons.